The molecule has 1 heterocycles. The molecule has 2 amide bonds. The first-order valence-electron chi connectivity index (χ1n) is 10.1. The summed E-state index contributed by atoms with van der Waals surface area (Å²) < 4.78 is 10.8. The minimum absolute atomic E-state index is 0.0170. The molecule has 1 aliphatic heterocycles. The van der Waals surface area contributed by atoms with Crippen LogP contribution in [0.3, 0.4) is 0 Å². The van der Waals surface area contributed by atoms with E-state index in [-0.39, 0.29) is 22.8 Å². The smallest absolute Gasteiger partial charge is 0.343 e. The molecule has 178 valence electrons. The molecule has 1 fully saturated rings. The number of carbonyl (C=O) groups is 3. The molecule has 0 bridgehead atoms. The number of carbonyl (C=O) groups excluding carboxylic acids is 3. The van der Waals surface area contributed by atoms with Crippen LogP contribution in [0.15, 0.2) is 65.6 Å². The number of ether oxygens (including phenoxy) is 2. The molecule has 1 aliphatic rings. The van der Waals surface area contributed by atoms with E-state index in [2.05, 4.69) is 0 Å². The molecule has 0 aliphatic carbocycles. The average Bonchev–Trinajstić information content (AvgIpc) is 3.08. The second-order valence-corrected chi connectivity index (χ2v) is 9.59. The Morgan fingerprint density at radius 3 is 2.46 bits per heavy atom. The first-order chi connectivity index (χ1) is 16.7. The molecular formula is C25H16Cl3NO5S. The molecule has 3 aromatic carbocycles. The van der Waals surface area contributed by atoms with Crippen LogP contribution in [0.2, 0.25) is 15.1 Å². The van der Waals surface area contributed by atoms with Gasteiger partial charge in [0.15, 0.2) is 11.5 Å². The summed E-state index contributed by atoms with van der Waals surface area (Å²) in [4.78, 5) is 39.3. The number of hydrogen-bond donors (Lipinski definition) is 0. The summed E-state index contributed by atoms with van der Waals surface area (Å²) in [7, 11) is 1.44. The zero-order valence-corrected chi connectivity index (χ0v) is 21.2. The topological polar surface area (TPSA) is 72.9 Å². The van der Waals surface area contributed by atoms with Gasteiger partial charge in [0.05, 0.1) is 24.1 Å². The van der Waals surface area contributed by atoms with E-state index in [9.17, 15) is 14.4 Å². The summed E-state index contributed by atoms with van der Waals surface area (Å²) in [6.45, 7) is 0.0170. The van der Waals surface area contributed by atoms with Gasteiger partial charge in [-0.3, -0.25) is 14.5 Å². The first-order valence-corrected chi connectivity index (χ1v) is 12.1. The molecule has 0 radical (unpaired) electrons. The van der Waals surface area contributed by atoms with Crippen LogP contribution in [0, 0.1) is 0 Å². The Bertz CT molecular complexity index is 1370. The van der Waals surface area contributed by atoms with Crippen LogP contribution < -0.4 is 9.47 Å². The average molecular weight is 549 g/mol. The van der Waals surface area contributed by atoms with Gasteiger partial charge in [-0.25, -0.2) is 4.79 Å². The van der Waals surface area contributed by atoms with Crippen LogP contribution in [-0.2, 0) is 11.3 Å². The van der Waals surface area contributed by atoms with Crippen LogP contribution in [0.4, 0.5) is 4.79 Å². The monoisotopic (exact) mass is 547 g/mol. The maximum atomic E-state index is 12.9. The van der Waals surface area contributed by atoms with Crippen molar-refractivity contribution in [2.75, 3.05) is 7.11 Å². The highest BCUT2D eigenvalue weighted by atomic mass is 35.5. The number of halogens is 3. The number of hydrogen-bond acceptors (Lipinski definition) is 6. The maximum absolute atomic E-state index is 12.9. The summed E-state index contributed by atoms with van der Waals surface area (Å²) in [5.41, 5.74) is 1.40. The second kappa shape index (κ2) is 10.7. The van der Waals surface area contributed by atoms with Crippen LogP contribution >= 0.6 is 46.6 Å². The van der Waals surface area contributed by atoms with Crippen LogP contribution in [0.1, 0.15) is 21.5 Å². The van der Waals surface area contributed by atoms with E-state index in [4.69, 9.17) is 44.3 Å². The Kier molecular flexibility index (Phi) is 7.72. The van der Waals surface area contributed by atoms with Crippen molar-refractivity contribution in [2.24, 2.45) is 0 Å². The van der Waals surface area contributed by atoms with E-state index in [1.165, 1.54) is 13.2 Å². The molecule has 0 unspecified atom stereocenters. The Hall–Kier alpha value is -2.97. The third kappa shape index (κ3) is 5.82. The lowest BCUT2D eigenvalue weighted by molar-refractivity contribution is -0.123. The predicted molar refractivity (Wildman–Crippen MR) is 137 cm³/mol. The summed E-state index contributed by atoms with van der Waals surface area (Å²) in [5.74, 6) is -0.608. The van der Waals surface area contributed by atoms with Gasteiger partial charge in [-0.15, -0.1) is 0 Å². The third-order valence-electron chi connectivity index (χ3n) is 4.97. The van der Waals surface area contributed by atoms with Crippen molar-refractivity contribution >= 4 is 69.8 Å². The van der Waals surface area contributed by atoms with Crippen molar-refractivity contribution in [1.29, 1.82) is 0 Å². The number of amides is 2. The largest absolute Gasteiger partial charge is 0.493 e. The number of benzene rings is 3. The minimum atomic E-state index is -0.622. The number of esters is 1. The lowest BCUT2D eigenvalue weighted by Crippen LogP contribution is -2.27. The van der Waals surface area contributed by atoms with Gasteiger partial charge in [-0.2, -0.15) is 0 Å². The van der Waals surface area contributed by atoms with Gasteiger partial charge in [-0.05, 0) is 71.4 Å². The van der Waals surface area contributed by atoms with E-state index in [1.54, 1.807) is 60.7 Å². The van der Waals surface area contributed by atoms with Gasteiger partial charge in [0.1, 0.15) is 0 Å². The highest BCUT2D eigenvalue weighted by Gasteiger charge is 2.35. The zero-order chi connectivity index (χ0) is 25.1. The fourth-order valence-corrected chi connectivity index (χ4v) is 4.74. The molecular weight excluding hydrogens is 533 g/mol. The molecule has 0 aromatic heterocycles. The van der Waals surface area contributed by atoms with E-state index in [1.807, 2.05) is 0 Å². The Labute approximate surface area is 220 Å². The summed E-state index contributed by atoms with van der Waals surface area (Å²) in [6, 6.07) is 16.0. The number of rotatable bonds is 6. The number of thioether (sulfide) groups is 1. The number of methoxy groups -OCH3 is 1. The molecule has 10 heteroatoms. The minimum Gasteiger partial charge on any atom is -0.493 e. The summed E-state index contributed by atoms with van der Waals surface area (Å²) in [5, 5.41) is 0.796. The zero-order valence-electron chi connectivity index (χ0n) is 18.1. The summed E-state index contributed by atoms with van der Waals surface area (Å²) in [6.07, 6.45) is 1.55. The molecule has 0 saturated carbocycles. The van der Waals surface area contributed by atoms with Gasteiger partial charge in [0.2, 0.25) is 0 Å². The SMILES string of the molecule is COc1ccc(/C=C2\SC(=O)N(Cc3ccc(Cl)cc3Cl)C2=O)cc1OC(=O)c1cccc(Cl)c1. The van der Waals surface area contributed by atoms with Crippen molar-refractivity contribution < 1.29 is 23.9 Å². The highest BCUT2D eigenvalue weighted by Crippen LogP contribution is 2.36. The Morgan fingerprint density at radius 2 is 1.74 bits per heavy atom. The molecule has 0 atom stereocenters. The van der Waals surface area contributed by atoms with Crippen LogP contribution in [-0.4, -0.2) is 29.1 Å². The fourth-order valence-electron chi connectivity index (χ4n) is 3.25. The summed E-state index contributed by atoms with van der Waals surface area (Å²) >= 11 is 18.9. The molecule has 0 spiro atoms. The van der Waals surface area contributed by atoms with E-state index < -0.39 is 17.1 Å². The lowest BCUT2D eigenvalue weighted by Gasteiger charge is -2.13. The standard InChI is InChI=1S/C25H16Cl3NO5S/c1-33-20-8-5-14(9-21(20)34-24(31)15-3-2-4-17(26)11-15)10-22-23(30)29(25(32)35-22)13-16-6-7-18(27)12-19(16)28/h2-12H,13H2,1H3/b22-10-. The molecule has 1 saturated heterocycles. The van der Waals surface area contributed by atoms with Gasteiger partial charge in [-0.1, -0.05) is 53.0 Å². The van der Waals surface area contributed by atoms with Crippen molar-refractivity contribution in [2.45, 2.75) is 6.54 Å². The number of imide groups is 1. The Balaban J connectivity index is 1.56. The van der Waals surface area contributed by atoms with Gasteiger partial charge in [0, 0.05) is 15.1 Å². The van der Waals surface area contributed by atoms with Gasteiger partial charge >= 0.3 is 5.97 Å². The predicted octanol–water partition coefficient (Wildman–Crippen LogP) is 7.11. The molecule has 4 rings (SSSR count). The first kappa shape index (κ1) is 25.1. The van der Waals surface area contributed by atoms with Gasteiger partial charge < -0.3 is 9.47 Å². The second-order valence-electron chi connectivity index (χ2n) is 7.31. The number of nitrogens with zero attached hydrogens (tertiary/aromatic N) is 1. The van der Waals surface area contributed by atoms with Crippen molar-refractivity contribution in [3.05, 3.63) is 97.3 Å². The fraction of sp³-hybridized carbons (Fsp3) is 0.0800. The molecule has 3 aromatic rings. The van der Waals surface area contributed by atoms with E-state index >= 15 is 0 Å². The molecule has 6 nitrogen and oxygen atoms in total. The van der Waals surface area contributed by atoms with Crippen LogP contribution in [0.5, 0.6) is 11.5 Å². The molecule has 35 heavy (non-hydrogen) atoms. The van der Waals surface area contributed by atoms with Crippen LogP contribution in [0.25, 0.3) is 6.08 Å². The normalized spacial score (nSPS) is 14.5. The van der Waals surface area contributed by atoms with Gasteiger partial charge in [0.25, 0.3) is 11.1 Å². The van der Waals surface area contributed by atoms with Crippen molar-refractivity contribution in [3.8, 4) is 11.5 Å². The lowest BCUT2D eigenvalue weighted by atomic mass is 10.1. The van der Waals surface area contributed by atoms with Crippen molar-refractivity contribution in [1.82, 2.24) is 4.90 Å². The Morgan fingerprint density at radius 1 is 0.971 bits per heavy atom. The van der Waals surface area contributed by atoms with Crippen molar-refractivity contribution in [3.63, 3.8) is 0 Å². The van der Waals surface area contributed by atoms with E-state index in [0.29, 0.717) is 31.9 Å². The maximum Gasteiger partial charge on any atom is 0.343 e. The van der Waals surface area contributed by atoms with E-state index in [0.717, 1.165) is 16.7 Å². The third-order valence-corrected chi connectivity index (χ3v) is 6.70. The quantitative estimate of drug-likeness (QED) is 0.186. The molecule has 0 N–H and O–H groups in total. The highest BCUT2D eigenvalue weighted by molar-refractivity contribution is 8.18.